The van der Waals surface area contributed by atoms with E-state index in [0.717, 1.165) is 184 Å². The Labute approximate surface area is 858 Å². The Hall–Kier alpha value is -15.6. The Balaban J connectivity index is 0.000000114. The van der Waals surface area contributed by atoms with E-state index in [0.29, 0.717) is 28.7 Å². The van der Waals surface area contributed by atoms with Crippen LogP contribution in [0.15, 0.2) is 279 Å². The molecule has 24 rings (SSSR count). The molecule has 146 heavy (non-hydrogen) atoms. The van der Waals surface area contributed by atoms with E-state index in [1.54, 1.807) is 0 Å². The summed E-state index contributed by atoms with van der Waals surface area (Å²) in [7, 11) is 8.69. The first-order chi connectivity index (χ1) is 71.2. The molecule has 4 aliphatic carbocycles. The van der Waals surface area contributed by atoms with Crippen molar-refractivity contribution in [1.29, 1.82) is 0 Å². The lowest BCUT2D eigenvalue weighted by Crippen LogP contribution is -2.36. The van der Waals surface area contributed by atoms with Crippen LogP contribution in [0.25, 0.3) is 197 Å². The van der Waals surface area contributed by atoms with E-state index in [2.05, 4.69) is 268 Å². The number of aromatic nitrogens is 4. The predicted molar refractivity (Wildman–Crippen MR) is 598 cm³/mol. The zero-order valence-electron chi connectivity index (χ0n) is 86.7. The number of aryl methyl sites for hydroxylation is 5. The first-order valence-electron chi connectivity index (χ1n) is 52.8. The molecule has 0 N–H and O–H groups in total. The van der Waals surface area contributed by atoms with Crippen LogP contribution in [0.4, 0.5) is 22.7 Å². The number of fused-ring (bicyclic) bond motifs is 12. The van der Waals surface area contributed by atoms with Crippen molar-refractivity contribution < 1.29 is 35.9 Å². The summed E-state index contributed by atoms with van der Waals surface area (Å²) in [6, 6.07) is 90.3. The summed E-state index contributed by atoms with van der Waals surface area (Å²) in [5, 5.41) is 8.59. The number of benzene rings is 12. The van der Waals surface area contributed by atoms with Crippen molar-refractivity contribution in [1.82, 2.24) is 0 Å². The first-order valence-corrected chi connectivity index (χ1v) is 52.8. The maximum Gasteiger partial charge on any atom is 0.216 e. The second-order valence-electron chi connectivity index (χ2n) is 41.9. The number of nitrogens with zero attached hydrogens (tertiary/aromatic N) is 8. The quantitative estimate of drug-likeness (QED) is 0.0756. The molecule has 12 nitrogen and oxygen atoms in total. The van der Waals surface area contributed by atoms with Gasteiger partial charge in [0.2, 0.25) is 22.8 Å². The number of furan rings is 4. The fraction of sp³-hybridized carbons (Fsp3) is 0.284. The van der Waals surface area contributed by atoms with Crippen LogP contribution in [0.1, 0.15) is 194 Å². The van der Waals surface area contributed by atoms with E-state index in [-0.39, 0.29) is 0 Å². The maximum atomic E-state index is 7.82. The highest BCUT2D eigenvalue weighted by molar-refractivity contribution is 6.19. The summed E-state index contributed by atoms with van der Waals surface area (Å²) in [6.07, 6.45) is 27.9. The van der Waals surface area contributed by atoms with Gasteiger partial charge in [0.1, 0.15) is 72.9 Å². The molecule has 8 heterocycles. The summed E-state index contributed by atoms with van der Waals surface area (Å²) >= 11 is 0. The molecule has 0 amide bonds. The molecule has 0 atom stereocenters. The molecule has 4 fully saturated rings. The second kappa shape index (κ2) is 41.3. The Morgan fingerprint density at radius 3 is 0.836 bits per heavy atom. The highest BCUT2D eigenvalue weighted by Gasteiger charge is 2.35. The number of pyridine rings is 4. The smallest absolute Gasteiger partial charge is 0.216 e. The van der Waals surface area contributed by atoms with Crippen molar-refractivity contribution in [3.8, 4) is 89.5 Å². The molecule has 0 unspecified atom stereocenters. The van der Waals surface area contributed by atoms with Crippen LogP contribution in [0.3, 0.4) is 0 Å². The summed E-state index contributed by atoms with van der Waals surface area (Å²) in [6.45, 7) is 51.1. The highest BCUT2D eigenvalue weighted by atomic mass is 16.3. The van der Waals surface area contributed by atoms with Gasteiger partial charge in [0.15, 0.2) is 45.5 Å². The van der Waals surface area contributed by atoms with E-state index in [9.17, 15) is 0 Å². The molecule has 0 saturated heterocycles. The first kappa shape index (κ1) is 96.5. The van der Waals surface area contributed by atoms with Crippen LogP contribution in [0.5, 0.6) is 0 Å². The minimum absolute atomic E-state index is 0.615. The lowest BCUT2D eigenvalue weighted by Gasteiger charge is -2.21. The van der Waals surface area contributed by atoms with Crippen molar-refractivity contribution in [3.05, 3.63) is 379 Å². The predicted octanol–water partition coefficient (Wildman–Crippen LogP) is 35.6. The van der Waals surface area contributed by atoms with E-state index >= 15 is 0 Å². The van der Waals surface area contributed by atoms with Crippen LogP contribution in [-0.2, 0) is 47.5 Å². The molecule has 0 spiro atoms. The van der Waals surface area contributed by atoms with Crippen LogP contribution >= 0.6 is 0 Å². The fourth-order valence-electron chi connectivity index (χ4n) is 24.8. The maximum absolute atomic E-state index is 7.82. The molecule has 4 saturated carbocycles. The van der Waals surface area contributed by atoms with Crippen LogP contribution < -0.4 is 18.3 Å². The topological polar surface area (TPSA) is 85.5 Å². The van der Waals surface area contributed by atoms with Crippen LogP contribution in [-0.4, -0.2) is 0 Å². The van der Waals surface area contributed by atoms with E-state index in [1.807, 2.05) is 121 Å². The third kappa shape index (κ3) is 18.0. The van der Waals surface area contributed by atoms with Gasteiger partial charge in [0.05, 0.1) is 48.5 Å². The summed E-state index contributed by atoms with van der Waals surface area (Å²) in [4.78, 5) is 15.3. The minimum Gasteiger partial charge on any atom is -0.456 e. The average molecular weight is 1910 g/mol. The zero-order valence-corrected chi connectivity index (χ0v) is 86.7. The fourth-order valence-corrected chi connectivity index (χ4v) is 24.8. The molecule has 8 aromatic heterocycles. The van der Waals surface area contributed by atoms with Crippen molar-refractivity contribution in [2.75, 3.05) is 0 Å². The molecule has 20 aromatic rings. The molecule has 724 valence electrons. The lowest BCUT2D eigenvalue weighted by atomic mass is 9.84. The van der Waals surface area contributed by atoms with Crippen molar-refractivity contribution >= 4 is 111 Å². The third-order valence-corrected chi connectivity index (χ3v) is 33.3. The average Bonchev–Trinajstić information content (AvgIpc) is 1.58. The molecule has 4 aliphatic rings. The Morgan fingerprint density at radius 2 is 0.521 bits per heavy atom. The molecule has 12 aromatic carbocycles. The largest absolute Gasteiger partial charge is 0.456 e. The molecular weight excluding hydrogens is 1790 g/mol. The second-order valence-corrected chi connectivity index (χ2v) is 41.9. The Morgan fingerprint density at radius 1 is 0.253 bits per heavy atom. The zero-order chi connectivity index (χ0) is 101. The van der Waals surface area contributed by atoms with Crippen molar-refractivity contribution in [3.63, 3.8) is 0 Å². The van der Waals surface area contributed by atoms with Gasteiger partial charge in [0, 0.05) is 140 Å². The minimum atomic E-state index is 0.615. The molecule has 0 bridgehead atoms. The van der Waals surface area contributed by atoms with Gasteiger partial charge in [-0.15, -0.1) is 0 Å². The van der Waals surface area contributed by atoms with Crippen LogP contribution in [0.2, 0.25) is 0 Å². The highest BCUT2D eigenvalue weighted by Crippen LogP contribution is 2.52. The van der Waals surface area contributed by atoms with Gasteiger partial charge >= 0.3 is 0 Å². The van der Waals surface area contributed by atoms with Gasteiger partial charge in [-0.2, -0.15) is 18.3 Å². The van der Waals surface area contributed by atoms with Gasteiger partial charge in [0.25, 0.3) is 0 Å². The lowest BCUT2D eigenvalue weighted by molar-refractivity contribution is -0.667. The molecule has 0 radical (unpaired) electrons. The van der Waals surface area contributed by atoms with Gasteiger partial charge in [-0.05, 0) is 158 Å². The van der Waals surface area contributed by atoms with Crippen LogP contribution in [0, 0.1) is 106 Å². The summed E-state index contributed by atoms with van der Waals surface area (Å²) in [5.41, 5.74) is 43.2. The molecular formula is C134H128N8O4+4. The molecule has 12 heteroatoms. The van der Waals surface area contributed by atoms with E-state index in [4.69, 9.17) is 44.0 Å². The van der Waals surface area contributed by atoms with E-state index in [1.165, 1.54) is 218 Å². The summed E-state index contributed by atoms with van der Waals surface area (Å²) in [5.74, 6) is 3.07. The normalized spacial score (nSPS) is 14.2. The monoisotopic (exact) mass is 1910 g/mol. The van der Waals surface area contributed by atoms with Crippen molar-refractivity contribution in [2.24, 2.45) is 45.9 Å². The summed E-state index contributed by atoms with van der Waals surface area (Å²) < 4.78 is 36.3. The SMILES string of the molecule is [C-]#[N+]c1ccc2c(oc3c(-c4cc(C5CCCC5)c(C)c(C)[n+]4C)c(C)ccc32)c1-c1ccccc1.[C-]#[N+]c1ccc2c(oc3c(-c4cc(CC5CCCCC5)cc(C)[n+]4C)c(C)ccc32)c1-c1ccccc1.[C-]#[N+]c1ccc2c(oc3c(-c4ccc(CC5CCCC5)c(C)[n+]4C)c(C)ccc32)c1-c1ccccc1.[C-]#[N+]c1ccc2c(oc3c(-c4ccc(CC5CCCCC5)c(C)[n+]4C)c(C)ccc32)c1-c1ccccc1. The Kier molecular flexibility index (Phi) is 27.3. The van der Waals surface area contributed by atoms with Gasteiger partial charge in [-0.1, -0.05) is 321 Å². The van der Waals surface area contributed by atoms with Crippen molar-refractivity contribution in [2.45, 2.75) is 203 Å². The Bertz CT molecular complexity index is 8680. The third-order valence-electron chi connectivity index (χ3n) is 33.3. The number of rotatable bonds is 15. The molecule has 0 aliphatic heterocycles. The number of hydrogen-bond donors (Lipinski definition) is 0. The van der Waals surface area contributed by atoms with Gasteiger partial charge in [-0.25, -0.2) is 19.4 Å². The van der Waals surface area contributed by atoms with Gasteiger partial charge < -0.3 is 17.7 Å². The van der Waals surface area contributed by atoms with Gasteiger partial charge in [-0.3, -0.25) is 0 Å². The number of hydrogen-bond acceptors (Lipinski definition) is 4. The van der Waals surface area contributed by atoms with E-state index < -0.39 is 0 Å². The standard InChI is InChI=1S/2C34H33N2O.2C33H31N2O/c1-22-15-17-27-28-18-19-29(35-3)32(25-13-9-6-10-14-25)34(28)37-33(27)31(22)30-20-16-26(23(2)36(30)4)21-24-11-7-5-8-12-24;1-22-15-16-27-28-17-18-29(35-3)32(26-13-9-6-10-14-26)34(28)37-33(27)31(22)30-21-25(19-23(2)36(30)4)20-24-11-7-5-8-12-24;1-20-15-16-25-26-17-18-28(34-4)31(24-13-7-6-8-14-24)33(26)36-32(25)30(20)29-19-27(23-11-9-10-12-23)21(2)22(3)35(29)5;1-21-14-16-26-27-17-18-28(34-3)31(24-12-6-5-7-13-24)33(27)36-32(26)30(21)29-19-15-25(22(2)35(29)4)20-23-10-8-9-11-23/h6,9-10,13-20,24H,5,7-8,11-12,21H2,1-2,4H3;6,9-10,13-19,21,24H,5,7-8,11-12,20H2,1-2,4H3;6-8,13-19,23H,9-12H2,1-3,5H3;5-7,12-19,23H,8-11,20H2,1-2,4H3/q4*+1.